The monoisotopic (exact) mass is 312 g/mol. The highest BCUT2D eigenvalue weighted by Gasteiger charge is 2.19. The number of sulfonamides is 1. The number of nitrogens with one attached hydrogen (secondary N) is 2. The molecule has 20 heavy (non-hydrogen) atoms. The number of pyridine rings is 1. The van der Waals surface area contributed by atoms with Crippen LogP contribution in [0.5, 0.6) is 0 Å². The smallest absolute Gasteiger partial charge is 0.260 e. The highest BCUT2D eigenvalue weighted by molar-refractivity contribution is 7.89. The molecule has 6 nitrogen and oxygen atoms in total. The second-order valence-corrected chi connectivity index (χ2v) is 6.89. The average Bonchev–Trinajstić information content (AvgIpc) is 2.93. The largest absolute Gasteiger partial charge is 0.386 e. The average molecular weight is 312 g/mol. The normalized spacial score (nSPS) is 11.5. The van der Waals surface area contributed by atoms with E-state index in [-0.39, 0.29) is 11.6 Å². The zero-order chi connectivity index (χ0) is 14.6. The molecular weight excluding hydrogens is 296 g/mol. The summed E-state index contributed by atoms with van der Waals surface area (Å²) in [6.45, 7) is 2.21. The van der Waals surface area contributed by atoms with Crippen LogP contribution >= 0.6 is 11.3 Å². The van der Waals surface area contributed by atoms with Crippen LogP contribution in [-0.2, 0) is 23.0 Å². The van der Waals surface area contributed by atoms with Gasteiger partial charge in [-0.15, -0.1) is 11.3 Å². The Morgan fingerprint density at radius 1 is 1.35 bits per heavy atom. The molecule has 0 unspecified atom stereocenters. The van der Waals surface area contributed by atoms with Crippen LogP contribution in [0.15, 0.2) is 29.6 Å². The number of anilines is 1. The van der Waals surface area contributed by atoms with Crippen molar-refractivity contribution in [1.82, 2.24) is 14.7 Å². The maximum atomic E-state index is 12.2. The Hall–Kier alpha value is -1.51. The zero-order valence-corrected chi connectivity index (χ0v) is 12.9. The van der Waals surface area contributed by atoms with Crippen LogP contribution in [0.25, 0.3) is 0 Å². The number of aryl methyl sites for hydroxylation is 1. The minimum absolute atomic E-state index is 0.00484. The van der Waals surface area contributed by atoms with E-state index >= 15 is 0 Å². The summed E-state index contributed by atoms with van der Waals surface area (Å²) in [5.41, 5.74) is 0.466. The fraction of sp³-hybridized carbons (Fsp3) is 0.333. The van der Waals surface area contributed by atoms with E-state index in [1.54, 1.807) is 25.4 Å². The third-order valence-electron chi connectivity index (χ3n) is 2.66. The van der Waals surface area contributed by atoms with Crippen molar-refractivity contribution in [1.29, 1.82) is 0 Å². The third-order valence-corrected chi connectivity index (χ3v) is 5.16. The summed E-state index contributed by atoms with van der Waals surface area (Å²) < 4.78 is 27.0. The topological polar surface area (TPSA) is 84.0 Å². The quantitative estimate of drug-likeness (QED) is 0.847. The molecule has 0 aliphatic heterocycles. The van der Waals surface area contributed by atoms with Gasteiger partial charge in [-0.1, -0.05) is 6.92 Å². The van der Waals surface area contributed by atoms with E-state index in [0.29, 0.717) is 5.69 Å². The standard InChI is InChI=1S/C12H16N4O2S2/c1-3-9-7-15-11(19-9)8-16-20(17,18)12-10(13-2)5-4-6-14-12/h4-7,13,16H,3,8H2,1-2H3. The lowest BCUT2D eigenvalue weighted by Gasteiger charge is -2.08. The lowest BCUT2D eigenvalue weighted by Crippen LogP contribution is -2.25. The molecule has 0 aliphatic rings. The van der Waals surface area contributed by atoms with Crippen molar-refractivity contribution in [3.8, 4) is 0 Å². The second-order valence-electron chi connectivity index (χ2n) is 4.00. The van der Waals surface area contributed by atoms with Crippen molar-refractivity contribution in [2.75, 3.05) is 12.4 Å². The maximum Gasteiger partial charge on any atom is 0.260 e. The first-order valence-electron chi connectivity index (χ1n) is 6.13. The predicted molar refractivity (Wildman–Crippen MR) is 79.3 cm³/mol. The van der Waals surface area contributed by atoms with Gasteiger partial charge in [-0.2, -0.15) is 0 Å². The molecule has 2 rings (SSSR count). The number of thiazole rings is 1. The highest BCUT2D eigenvalue weighted by Crippen LogP contribution is 2.18. The van der Waals surface area contributed by atoms with Crippen molar-refractivity contribution in [2.45, 2.75) is 24.9 Å². The Kier molecular flexibility index (Phi) is 4.69. The van der Waals surface area contributed by atoms with Crippen molar-refractivity contribution < 1.29 is 8.42 Å². The number of aromatic nitrogens is 2. The van der Waals surface area contributed by atoms with Crippen molar-refractivity contribution >= 4 is 27.0 Å². The van der Waals surface area contributed by atoms with Gasteiger partial charge >= 0.3 is 0 Å². The van der Waals surface area contributed by atoms with Crippen LogP contribution in [0.3, 0.4) is 0 Å². The molecule has 0 spiro atoms. The van der Waals surface area contributed by atoms with Crippen LogP contribution in [0.4, 0.5) is 5.69 Å². The van der Waals surface area contributed by atoms with Gasteiger partial charge < -0.3 is 5.32 Å². The molecule has 108 valence electrons. The minimum atomic E-state index is -3.66. The number of rotatable bonds is 6. The number of nitrogens with zero attached hydrogens (tertiary/aromatic N) is 2. The molecule has 0 amide bonds. The van der Waals surface area contributed by atoms with Crippen molar-refractivity contribution in [2.24, 2.45) is 0 Å². The fourth-order valence-electron chi connectivity index (χ4n) is 1.61. The summed E-state index contributed by atoms with van der Waals surface area (Å²) in [4.78, 5) is 9.24. The highest BCUT2D eigenvalue weighted by atomic mass is 32.2. The SMILES string of the molecule is CCc1cnc(CNS(=O)(=O)c2ncccc2NC)s1. The Bertz CT molecular complexity index is 682. The molecule has 0 saturated carbocycles. The molecule has 8 heteroatoms. The second kappa shape index (κ2) is 6.29. The molecule has 2 aromatic rings. The molecule has 0 radical (unpaired) electrons. The van der Waals surface area contributed by atoms with Crippen LogP contribution < -0.4 is 10.0 Å². The van der Waals surface area contributed by atoms with E-state index in [4.69, 9.17) is 0 Å². The summed E-state index contributed by atoms with van der Waals surface area (Å²) in [6, 6.07) is 3.35. The lowest BCUT2D eigenvalue weighted by atomic mass is 10.4. The molecule has 0 aliphatic carbocycles. The van der Waals surface area contributed by atoms with E-state index in [1.807, 2.05) is 6.92 Å². The third kappa shape index (κ3) is 3.33. The molecule has 2 aromatic heterocycles. The maximum absolute atomic E-state index is 12.2. The Labute approximate surface area is 122 Å². The van der Waals surface area contributed by atoms with Gasteiger partial charge in [-0.3, -0.25) is 0 Å². The summed E-state index contributed by atoms with van der Waals surface area (Å²) in [6.07, 6.45) is 4.12. The summed E-state index contributed by atoms with van der Waals surface area (Å²) in [5, 5.41) is 3.56. The van der Waals surface area contributed by atoms with Gasteiger partial charge in [0, 0.05) is 24.3 Å². The van der Waals surface area contributed by atoms with Gasteiger partial charge in [0.05, 0.1) is 12.2 Å². The van der Waals surface area contributed by atoms with Crippen LogP contribution in [0.2, 0.25) is 0 Å². The summed E-state index contributed by atoms with van der Waals surface area (Å²) in [7, 11) is -2.00. The van der Waals surface area contributed by atoms with Crippen LogP contribution in [0, 0.1) is 0 Å². The lowest BCUT2D eigenvalue weighted by molar-refractivity contribution is 0.577. The molecule has 0 fully saturated rings. The van der Waals surface area contributed by atoms with E-state index in [9.17, 15) is 8.42 Å². The van der Waals surface area contributed by atoms with E-state index < -0.39 is 10.0 Å². The molecule has 0 atom stereocenters. The van der Waals surface area contributed by atoms with Gasteiger partial charge in [-0.05, 0) is 18.6 Å². The first-order chi connectivity index (χ1) is 9.56. The van der Waals surface area contributed by atoms with E-state index in [0.717, 1.165) is 16.3 Å². The first-order valence-corrected chi connectivity index (χ1v) is 8.42. The van der Waals surface area contributed by atoms with Gasteiger partial charge in [0.25, 0.3) is 10.0 Å². The van der Waals surface area contributed by atoms with Gasteiger partial charge in [-0.25, -0.2) is 23.1 Å². The first kappa shape index (κ1) is 14.9. The molecule has 0 bridgehead atoms. The number of hydrogen-bond acceptors (Lipinski definition) is 6. The van der Waals surface area contributed by atoms with Gasteiger partial charge in [0.2, 0.25) is 0 Å². The minimum Gasteiger partial charge on any atom is -0.386 e. The predicted octanol–water partition coefficient (Wildman–Crippen LogP) is 1.62. The van der Waals surface area contributed by atoms with Gasteiger partial charge in [0.1, 0.15) is 5.01 Å². The molecule has 2 heterocycles. The van der Waals surface area contributed by atoms with E-state index in [2.05, 4.69) is 20.0 Å². The summed E-state index contributed by atoms with van der Waals surface area (Å²) >= 11 is 1.50. The van der Waals surface area contributed by atoms with E-state index in [1.165, 1.54) is 17.5 Å². The molecular formula is C12H16N4O2S2. The van der Waals surface area contributed by atoms with Gasteiger partial charge in [0.15, 0.2) is 5.03 Å². The molecule has 2 N–H and O–H groups in total. The van der Waals surface area contributed by atoms with Crippen molar-refractivity contribution in [3.63, 3.8) is 0 Å². The summed E-state index contributed by atoms with van der Waals surface area (Å²) in [5.74, 6) is 0. The molecule has 0 aromatic carbocycles. The van der Waals surface area contributed by atoms with Crippen LogP contribution in [0.1, 0.15) is 16.8 Å². The number of hydrogen-bond donors (Lipinski definition) is 2. The van der Waals surface area contributed by atoms with Crippen molar-refractivity contribution in [3.05, 3.63) is 34.4 Å². The molecule has 0 saturated heterocycles. The zero-order valence-electron chi connectivity index (χ0n) is 11.3. The van der Waals surface area contributed by atoms with Crippen LogP contribution in [-0.4, -0.2) is 25.4 Å². The Morgan fingerprint density at radius 2 is 2.15 bits per heavy atom. The Balaban J connectivity index is 2.15. The fourth-order valence-corrected chi connectivity index (χ4v) is 3.63. The Morgan fingerprint density at radius 3 is 2.80 bits per heavy atom.